The fourth-order valence-electron chi connectivity index (χ4n) is 1.87. The number of nitrogens with one attached hydrogen (secondary N) is 1. The van der Waals surface area contributed by atoms with E-state index in [9.17, 15) is 14.4 Å². The van der Waals surface area contributed by atoms with E-state index in [4.69, 9.17) is 5.73 Å². The molecule has 7 heteroatoms. The molecule has 1 unspecified atom stereocenters. The highest BCUT2D eigenvalue weighted by Crippen LogP contribution is 2.04. The molecule has 2 amide bonds. The first-order valence-electron chi connectivity index (χ1n) is 6.52. The molecule has 21 heavy (non-hydrogen) atoms. The summed E-state index contributed by atoms with van der Waals surface area (Å²) in [6.45, 7) is 1.69. The van der Waals surface area contributed by atoms with E-state index < -0.39 is 11.9 Å². The minimum Gasteiger partial charge on any atom is -0.368 e. The molecule has 0 bridgehead atoms. The van der Waals surface area contributed by atoms with Crippen molar-refractivity contribution in [1.29, 1.82) is 0 Å². The molecule has 0 saturated heterocycles. The second kappa shape index (κ2) is 6.17. The Hall–Kier alpha value is -2.70. The quantitative estimate of drug-likeness (QED) is 0.792. The van der Waals surface area contributed by atoms with Crippen molar-refractivity contribution in [3.8, 4) is 0 Å². The second-order valence-corrected chi connectivity index (χ2v) is 4.70. The number of benzene rings is 1. The first-order valence-corrected chi connectivity index (χ1v) is 6.52. The largest absolute Gasteiger partial charge is 0.368 e. The Morgan fingerprint density at radius 1 is 1.38 bits per heavy atom. The Balaban J connectivity index is 2.07. The zero-order valence-electron chi connectivity index (χ0n) is 11.6. The number of carbonyl (C=O) groups excluding carboxylic acids is 2. The number of hydrogen-bond donors (Lipinski definition) is 2. The molecule has 3 N–H and O–H groups in total. The molecule has 0 aliphatic rings. The van der Waals surface area contributed by atoms with Crippen LogP contribution in [0.15, 0.2) is 35.4 Å². The third-order valence-electron chi connectivity index (χ3n) is 3.12. The van der Waals surface area contributed by atoms with E-state index in [2.05, 4.69) is 10.3 Å². The minimum absolute atomic E-state index is 0.0670. The Bertz CT molecular complexity index is 738. The molecular weight excluding hydrogens is 272 g/mol. The number of aromatic nitrogens is 2. The van der Waals surface area contributed by atoms with Crippen LogP contribution in [0.25, 0.3) is 10.9 Å². The molecule has 1 atom stereocenters. The van der Waals surface area contributed by atoms with Gasteiger partial charge in [0.25, 0.3) is 5.56 Å². The van der Waals surface area contributed by atoms with E-state index in [1.807, 2.05) is 0 Å². The summed E-state index contributed by atoms with van der Waals surface area (Å²) < 4.78 is 1.37. The number of rotatable bonds is 5. The molecule has 1 aromatic carbocycles. The number of aryl methyl sites for hydroxylation is 1. The highest BCUT2D eigenvalue weighted by molar-refractivity contribution is 5.86. The average molecular weight is 288 g/mol. The molecule has 2 rings (SSSR count). The molecule has 2 aromatic rings. The van der Waals surface area contributed by atoms with Crippen molar-refractivity contribution in [2.24, 2.45) is 5.73 Å². The van der Waals surface area contributed by atoms with E-state index in [0.29, 0.717) is 10.9 Å². The van der Waals surface area contributed by atoms with E-state index in [1.165, 1.54) is 17.8 Å². The van der Waals surface area contributed by atoms with Crippen LogP contribution in [-0.2, 0) is 16.1 Å². The Morgan fingerprint density at radius 2 is 2.10 bits per heavy atom. The molecular formula is C14H16N4O3. The number of primary amides is 1. The van der Waals surface area contributed by atoms with Crippen LogP contribution in [0.3, 0.4) is 0 Å². The number of nitrogens with two attached hydrogens (primary N) is 1. The van der Waals surface area contributed by atoms with Gasteiger partial charge in [-0.05, 0) is 19.1 Å². The average Bonchev–Trinajstić information content (AvgIpc) is 2.46. The molecule has 110 valence electrons. The van der Waals surface area contributed by atoms with Gasteiger partial charge in [-0.1, -0.05) is 12.1 Å². The van der Waals surface area contributed by atoms with Gasteiger partial charge in [0.15, 0.2) is 0 Å². The minimum atomic E-state index is -0.732. The third-order valence-corrected chi connectivity index (χ3v) is 3.12. The number of amides is 2. The van der Waals surface area contributed by atoms with Crippen molar-refractivity contribution in [3.05, 3.63) is 40.9 Å². The summed E-state index contributed by atoms with van der Waals surface area (Å²) in [5, 5.41) is 2.96. The fraction of sp³-hybridized carbons (Fsp3) is 0.286. The van der Waals surface area contributed by atoms with Crippen LogP contribution >= 0.6 is 0 Å². The van der Waals surface area contributed by atoms with E-state index in [0.717, 1.165) is 0 Å². The number of fused-ring (bicyclic) bond motifs is 1. The van der Waals surface area contributed by atoms with Crippen molar-refractivity contribution >= 4 is 22.7 Å². The molecule has 1 heterocycles. The van der Waals surface area contributed by atoms with Gasteiger partial charge in [0, 0.05) is 13.0 Å². The van der Waals surface area contributed by atoms with Crippen LogP contribution < -0.4 is 16.6 Å². The number of nitrogens with zero attached hydrogens (tertiary/aromatic N) is 2. The number of carbonyl (C=O) groups is 2. The highest BCUT2D eigenvalue weighted by atomic mass is 16.2. The summed E-state index contributed by atoms with van der Waals surface area (Å²) in [7, 11) is 0. The number of para-hydroxylation sites is 1. The lowest BCUT2D eigenvalue weighted by atomic mass is 10.2. The first-order chi connectivity index (χ1) is 9.99. The molecule has 7 nitrogen and oxygen atoms in total. The molecule has 1 aromatic heterocycles. The fourth-order valence-corrected chi connectivity index (χ4v) is 1.87. The smallest absolute Gasteiger partial charge is 0.261 e. The van der Waals surface area contributed by atoms with Crippen LogP contribution in [0, 0.1) is 0 Å². The maximum atomic E-state index is 12.2. The van der Waals surface area contributed by atoms with Gasteiger partial charge in [0.1, 0.15) is 6.04 Å². The van der Waals surface area contributed by atoms with Gasteiger partial charge in [-0.25, -0.2) is 4.98 Å². The second-order valence-electron chi connectivity index (χ2n) is 4.70. The predicted molar refractivity (Wildman–Crippen MR) is 77.4 cm³/mol. The van der Waals surface area contributed by atoms with Gasteiger partial charge in [0.2, 0.25) is 11.8 Å². The maximum Gasteiger partial charge on any atom is 0.261 e. The van der Waals surface area contributed by atoms with Crippen molar-refractivity contribution in [1.82, 2.24) is 14.9 Å². The van der Waals surface area contributed by atoms with Gasteiger partial charge >= 0.3 is 0 Å². The zero-order valence-corrected chi connectivity index (χ0v) is 11.6. The topological polar surface area (TPSA) is 107 Å². The molecule has 0 aliphatic heterocycles. The molecule has 0 saturated carbocycles. The van der Waals surface area contributed by atoms with Crippen LogP contribution in [0.4, 0.5) is 0 Å². The van der Waals surface area contributed by atoms with Gasteiger partial charge in [0.05, 0.1) is 17.2 Å². The van der Waals surface area contributed by atoms with Crippen molar-refractivity contribution in [3.63, 3.8) is 0 Å². The lowest BCUT2D eigenvalue weighted by Gasteiger charge is -2.10. The van der Waals surface area contributed by atoms with Crippen molar-refractivity contribution in [2.75, 3.05) is 0 Å². The summed E-state index contributed by atoms with van der Waals surface area (Å²) >= 11 is 0. The highest BCUT2D eigenvalue weighted by Gasteiger charge is 2.12. The van der Waals surface area contributed by atoms with Crippen molar-refractivity contribution in [2.45, 2.75) is 25.9 Å². The zero-order chi connectivity index (χ0) is 15.4. The summed E-state index contributed by atoms with van der Waals surface area (Å²) in [5.41, 5.74) is 5.48. The van der Waals surface area contributed by atoms with Crippen LogP contribution in [0.2, 0.25) is 0 Å². The SMILES string of the molecule is CC(NC(=O)CCn1cnc2ccccc2c1=O)C(N)=O. The number of hydrogen-bond acceptors (Lipinski definition) is 4. The Kier molecular flexibility index (Phi) is 4.32. The van der Waals surface area contributed by atoms with Crippen LogP contribution in [0.5, 0.6) is 0 Å². The standard InChI is InChI=1S/C14H16N4O3/c1-9(13(15)20)17-12(19)6-7-18-8-16-11-5-3-2-4-10(11)14(18)21/h2-5,8-9H,6-7H2,1H3,(H2,15,20)(H,17,19). The lowest BCUT2D eigenvalue weighted by Crippen LogP contribution is -2.42. The summed E-state index contributed by atoms with van der Waals surface area (Å²) in [5.74, 6) is -0.950. The lowest BCUT2D eigenvalue weighted by molar-refractivity contribution is -0.127. The predicted octanol–water partition coefficient (Wildman–Crippen LogP) is -0.223. The van der Waals surface area contributed by atoms with Gasteiger partial charge in [-0.2, -0.15) is 0 Å². The summed E-state index contributed by atoms with van der Waals surface area (Å²) in [6.07, 6.45) is 1.48. The first kappa shape index (κ1) is 14.7. The summed E-state index contributed by atoms with van der Waals surface area (Å²) in [6, 6.07) is 6.27. The molecule has 0 radical (unpaired) electrons. The molecule has 0 spiro atoms. The third kappa shape index (κ3) is 3.44. The van der Waals surface area contributed by atoms with Crippen LogP contribution in [0.1, 0.15) is 13.3 Å². The van der Waals surface area contributed by atoms with Gasteiger partial charge < -0.3 is 11.1 Å². The van der Waals surface area contributed by atoms with E-state index >= 15 is 0 Å². The Morgan fingerprint density at radius 3 is 2.81 bits per heavy atom. The van der Waals surface area contributed by atoms with E-state index in [1.54, 1.807) is 24.3 Å². The van der Waals surface area contributed by atoms with Crippen LogP contribution in [-0.4, -0.2) is 27.4 Å². The normalized spacial score (nSPS) is 12.0. The monoisotopic (exact) mass is 288 g/mol. The molecule has 0 aliphatic carbocycles. The van der Waals surface area contributed by atoms with Gasteiger partial charge in [-0.15, -0.1) is 0 Å². The molecule has 0 fully saturated rings. The van der Waals surface area contributed by atoms with Crippen molar-refractivity contribution < 1.29 is 9.59 Å². The maximum absolute atomic E-state index is 12.2. The Labute approximate surface area is 120 Å². The van der Waals surface area contributed by atoms with Gasteiger partial charge in [-0.3, -0.25) is 19.0 Å². The van der Waals surface area contributed by atoms with E-state index in [-0.39, 0.29) is 24.4 Å². The summed E-state index contributed by atoms with van der Waals surface area (Å²) in [4.78, 5) is 38.9.